The van der Waals surface area contributed by atoms with Crippen molar-refractivity contribution < 1.29 is 56.6 Å². The average molecular weight is 404 g/mol. The largest absolute Gasteiger partial charge is 0.463 e. The van der Waals surface area contributed by atoms with Crippen molar-refractivity contribution in [1.29, 1.82) is 0 Å². The molecule has 3 amide bonds. The van der Waals surface area contributed by atoms with Crippen molar-refractivity contribution in [2.75, 3.05) is 0 Å². The predicted octanol–water partition coefficient (Wildman–Crippen LogP) is 0.308. The number of piperidine rings is 1. The van der Waals surface area contributed by atoms with Gasteiger partial charge in [0.05, 0.1) is 6.61 Å². The maximum absolute atomic E-state index is 12.6. The topological polar surface area (TPSA) is 92.8 Å². The number of ether oxygens (including phenoxy) is 1. The maximum atomic E-state index is 12.6. The normalized spacial score (nSPS) is 19.5. The van der Waals surface area contributed by atoms with Gasteiger partial charge in [0.1, 0.15) is 6.04 Å². The molecule has 2 aliphatic rings. The Hall–Kier alpha value is -1.60. The number of esters is 1. The molecule has 1 unspecified atom stereocenters. The van der Waals surface area contributed by atoms with Crippen molar-refractivity contribution in [2.24, 2.45) is 0 Å². The first-order valence-electron chi connectivity index (χ1n) is 7.27. The van der Waals surface area contributed by atoms with Gasteiger partial charge in [-0.1, -0.05) is 5.56 Å². The number of carbonyl (C=O) groups excluding carboxylic acids is 4. The minimum atomic E-state index is -0.635. The van der Waals surface area contributed by atoms with Crippen LogP contribution in [0, 0.1) is 6.07 Å². The van der Waals surface area contributed by atoms with E-state index in [1.807, 2.05) is 0 Å². The zero-order chi connectivity index (χ0) is 16.6. The number of imide groups is 1. The molecule has 123 valence electrons. The Morgan fingerprint density at radius 3 is 2.83 bits per heavy atom. The van der Waals surface area contributed by atoms with Crippen LogP contribution < -0.4 is 5.32 Å². The second-order valence-electron chi connectivity index (χ2n) is 5.58. The third-order valence-electron chi connectivity index (χ3n) is 3.95. The van der Waals surface area contributed by atoms with E-state index in [0.29, 0.717) is 24.1 Å². The van der Waals surface area contributed by atoms with E-state index < -0.39 is 17.9 Å². The minimum Gasteiger partial charge on any atom is -0.463 e. The summed E-state index contributed by atoms with van der Waals surface area (Å²) in [7, 11) is 0. The third-order valence-corrected chi connectivity index (χ3v) is 3.95. The summed E-state index contributed by atoms with van der Waals surface area (Å²) in [6, 6.07) is 5.65. The summed E-state index contributed by atoms with van der Waals surface area (Å²) in [6.45, 7) is 1.67. The molecule has 1 fully saturated rings. The van der Waals surface area contributed by atoms with Crippen molar-refractivity contribution in [3.63, 3.8) is 0 Å². The molecular weight excluding hydrogens is 389 g/mol. The van der Waals surface area contributed by atoms with Gasteiger partial charge in [-0.3, -0.25) is 24.5 Å². The first-order valence-corrected chi connectivity index (χ1v) is 7.27. The molecule has 1 radical (unpaired) electrons. The zero-order valence-electron chi connectivity index (χ0n) is 13.1. The van der Waals surface area contributed by atoms with Gasteiger partial charge in [-0.25, -0.2) is 0 Å². The van der Waals surface area contributed by atoms with Crippen molar-refractivity contribution in [2.45, 2.75) is 39.0 Å². The quantitative estimate of drug-likeness (QED) is 0.445. The molecule has 0 spiro atoms. The van der Waals surface area contributed by atoms with E-state index >= 15 is 0 Å². The molecule has 1 atom stereocenters. The number of amides is 3. The Balaban J connectivity index is 0.00000208. The molecule has 3 rings (SSSR count). The summed E-state index contributed by atoms with van der Waals surface area (Å²) >= 11 is 0. The van der Waals surface area contributed by atoms with E-state index in [2.05, 4.69) is 11.4 Å². The van der Waals surface area contributed by atoms with Gasteiger partial charge in [0, 0.05) is 52.6 Å². The number of benzene rings is 1. The van der Waals surface area contributed by atoms with E-state index in [1.165, 1.54) is 11.8 Å². The Kier molecular flexibility index (Phi) is 5.88. The average Bonchev–Trinajstić information content (AvgIpc) is 2.82. The van der Waals surface area contributed by atoms with Crippen molar-refractivity contribution in [3.8, 4) is 0 Å². The predicted molar refractivity (Wildman–Crippen MR) is 76.8 cm³/mol. The number of rotatable bonds is 3. The van der Waals surface area contributed by atoms with E-state index in [0.717, 1.165) is 5.56 Å². The molecule has 7 nitrogen and oxygen atoms in total. The van der Waals surface area contributed by atoms with Crippen LogP contribution in [-0.2, 0) is 65.0 Å². The molecule has 0 bridgehead atoms. The number of fused-ring (bicyclic) bond motifs is 1. The van der Waals surface area contributed by atoms with Crippen LogP contribution in [-0.4, -0.2) is 34.6 Å². The summed E-state index contributed by atoms with van der Waals surface area (Å²) < 4.78 is 4.90. The van der Waals surface area contributed by atoms with Crippen molar-refractivity contribution >= 4 is 23.7 Å². The van der Waals surface area contributed by atoms with Gasteiger partial charge >= 0.3 is 5.97 Å². The molecule has 1 aromatic carbocycles. The molecule has 24 heavy (non-hydrogen) atoms. The first kappa shape index (κ1) is 18.7. The van der Waals surface area contributed by atoms with Crippen LogP contribution in [0.15, 0.2) is 12.1 Å². The molecule has 8 heteroatoms. The molecule has 2 aliphatic heterocycles. The van der Waals surface area contributed by atoms with Gasteiger partial charge in [-0.2, -0.15) is 18.2 Å². The second kappa shape index (κ2) is 7.53. The fourth-order valence-electron chi connectivity index (χ4n) is 2.80. The monoisotopic (exact) mass is 404 g/mol. The number of carbonyl (C=O) groups is 4. The Morgan fingerprint density at radius 2 is 2.17 bits per heavy atom. The van der Waals surface area contributed by atoms with Gasteiger partial charge in [0.2, 0.25) is 17.7 Å². The van der Waals surface area contributed by atoms with Crippen LogP contribution >= 0.6 is 0 Å². The molecule has 0 aliphatic carbocycles. The number of hydrogen-bond donors (Lipinski definition) is 1. The van der Waals surface area contributed by atoms with Gasteiger partial charge in [0.25, 0.3) is 0 Å². The smallest absolute Gasteiger partial charge is 0.302 e. The molecule has 0 aromatic heterocycles. The molecule has 1 saturated heterocycles. The van der Waals surface area contributed by atoms with Crippen LogP contribution in [0.1, 0.15) is 41.3 Å². The molecule has 1 N–H and O–H groups in total. The summed E-state index contributed by atoms with van der Waals surface area (Å²) in [5.74, 6) is -1.41. The number of nitrogens with one attached hydrogen (secondary N) is 1. The second-order valence-corrected chi connectivity index (χ2v) is 5.58. The van der Waals surface area contributed by atoms with E-state index in [4.69, 9.17) is 4.74 Å². The Morgan fingerprint density at radius 1 is 1.42 bits per heavy atom. The van der Waals surface area contributed by atoms with Crippen LogP contribution in [0.2, 0.25) is 0 Å². The molecule has 0 saturated carbocycles. The van der Waals surface area contributed by atoms with E-state index in [-0.39, 0.29) is 57.6 Å². The fourth-order valence-corrected chi connectivity index (χ4v) is 2.80. The zero-order valence-corrected chi connectivity index (χ0v) is 16.0. The van der Waals surface area contributed by atoms with Gasteiger partial charge in [-0.15, -0.1) is 11.1 Å². The number of hydrogen-bond acceptors (Lipinski definition) is 5. The first-order chi connectivity index (χ1) is 11.0. The summed E-state index contributed by atoms with van der Waals surface area (Å²) in [5, 5.41) is 2.26. The summed E-state index contributed by atoms with van der Waals surface area (Å²) in [4.78, 5) is 48.0. The van der Waals surface area contributed by atoms with Crippen LogP contribution in [0.5, 0.6) is 0 Å². The molecular formula is C16H15N2O5Y-. The van der Waals surface area contributed by atoms with Crippen LogP contribution in [0.4, 0.5) is 0 Å². The summed E-state index contributed by atoms with van der Waals surface area (Å²) in [6.07, 6.45) is 0.550. The molecule has 2 heterocycles. The van der Waals surface area contributed by atoms with E-state index in [1.54, 1.807) is 12.1 Å². The van der Waals surface area contributed by atoms with Gasteiger partial charge in [0.15, 0.2) is 0 Å². The maximum Gasteiger partial charge on any atom is 0.302 e. The Bertz CT molecular complexity index is 718. The third kappa shape index (κ3) is 3.73. The Labute approximate surface area is 164 Å². The van der Waals surface area contributed by atoms with Crippen LogP contribution in [0.25, 0.3) is 0 Å². The summed E-state index contributed by atoms with van der Waals surface area (Å²) in [5.41, 5.74) is 1.85. The fraction of sp³-hybridized carbons (Fsp3) is 0.375. The van der Waals surface area contributed by atoms with Crippen molar-refractivity contribution in [1.82, 2.24) is 10.2 Å². The minimum absolute atomic E-state index is 0. The number of nitrogens with zero attached hydrogens (tertiary/aromatic N) is 1. The van der Waals surface area contributed by atoms with E-state index in [9.17, 15) is 19.2 Å². The van der Waals surface area contributed by atoms with Gasteiger partial charge < -0.3 is 9.64 Å². The standard InChI is InChI=1S/C16H15N2O5.Y/c1-9(19)23-8-10-2-3-11-7-18(16(22)12(11)6-10)13-4-5-14(20)17-15(13)21;/h3,6,13H,4-5,7-8H2,1H3,(H,17,20,21);/q-1;. The van der Waals surface area contributed by atoms with Gasteiger partial charge in [-0.05, 0) is 6.42 Å². The van der Waals surface area contributed by atoms with Crippen molar-refractivity contribution in [3.05, 3.63) is 34.9 Å². The molecule has 1 aromatic rings. The SMILES string of the molecule is CC(=O)OCc1[c-]cc2c(c1)C(=O)N(C1CCC(=O)NC1=O)C2.[Y]. The van der Waals surface area contributed by atoms with Crippen LogP contribution in [0.3, 0.4) is 0 Å².